The Balaban J connectivity index is 1.92. The van der Waals surface area contributed by atoms with E-state index in [-0.39, 0.29) is 4.90 Å². The SMILES string of the molecule is Cc1cc(Br)ccc1NS(=O)(=O)c1ccc2c(c1)OCCCO2. The largest absolute Gasteiger partial charge is 0.490 e. The summed E-state index contributed by atoms with van der Waals surface area (Å²) in [5.41, 5.74) is 1.37. The van der Waals surface area contributed by atoms with Gasteiger partial charge in [-0.2, -0.15) is 0 Å². The molecule has 2 aromatic carbocycles. The molecule has 1 heterocycles. The van der Waals surface area contributed by atoms with E-state index in [2.05, 4.69) is 20.7 Å². The quantitative estimate of drug-likeness (QED) is 0.856. The Labute approximate surface area is 143 Å². The van der Waals surface area contributed by atoms with Crippen LogP contribution in [0.5, 0.6) is 11.5 Å². The second kappa shape index (κ2) is 6.41. The van der Waals surface area contributed by atoms with Crippen LogP contribution >= 0.6 is 15.9 Å². The number of anilines is 1. The Bertz CT molecular complexity index is 836. The average Bonchev–Trinajstić information content (AvgIpc) is 2.74. The van der Waals surface area contributed by atoms with Gasteiger partial charge in [0.1, 0.15) is 0 Å². The van der Waals surface area contributed by atoms with Gasteiger partial charge in [0.05, 0.1) is 23.8 Å². The van der Waals surface area contributed by atoms with E-state index in [1.54, 1.807) is 18.2 Å². The van der Waals surface area contributed by atoms with Crippen LogP contribution in [0.1, 0.15) is 12.0 Å². The van der Waals surface area contributed by atoms with E-state index < -0.39 is 10.0 Å². The summed E-state index contributed by atoms with van der Waals surface area (Å²) < 4.78 is 39.8. The summed E-state index contributed by atoms with van der Waals surface area (Å²) in [5.74, 6) is 1.03. The van der Waals surface area contributed by atoms with Crippen LogP contribution in [0.4, 0.5) is 5.69 Å². The zero-order valence-electron chi connectivity index (χ0n) is 12.5. The number of halogens is 1. The first-order chi connectivity index (χ1) is 11.0. The van der Waals surface area contributed by atoms with Crippen molar-refractivity contribution in [1.82, 2.24) is 0 Å². The smallest absolute Gasteiger partial charge is 0.262 e. The van der Waals surface area contributed by atoms with Crippen molar-refractivity contribution in [2.24, 2.45) is 0 Å². The number of hydrogen-bond acceptors (Lipinski definition) is 4. The summed E-state index contributed by atoms with van der Waals surface area (Å²) in [6.07, 6.45) is 0.771. The number of aryl methyl sites for hydroxylation is 1. The van der Waals surface area contributed by atoms with Crippen LogP contribution in [0, 0.1) is 6.92 Å². The van der Waals surface area contributed by atoms with Gasteiger partial charge < -0.3 is 9.47 Å². The topological polar surface area (TPSA) is 64.6 Å². The van der Waals surface area contributed by atoms with Gasteiger partial charge in [0.15, 0.2) is 11.5 Å². The normalized spacial score (nSPS) is 14.2. The highest BCUT2D eigenvalue weighted by Crippen LogP contribution is 2.32. The molecule has 0 atom stereocenters. The maximum Gasteiger partial charge on any atom is 0.262 e. The van der Waals surface area contributed by atoms with Crippen LogP contribution in [0.15, 0.2) is 45.8 Å². The number of nitrogens with one attached hydrogen (secondary N) is 1. The second-order valence-electron chi connectivity index (χ2n) is 5.22. The number of hydrogen-bond donors (Lipinski definition) is 1. The zero-order chi connectivity index (χ0) is 16.4. The lowest BCUT2D eigenvalue weighted by Crippen LogP contribution is -2.14. The first-order valence-corrected chi connectivity index (χ1v) is 9.42. The molecule has 0 unspecified atom stereocenters. The molecule has 0 bridgehead atoms. The van der Waals surface area contributed by atoms with E-state index in [0.29, 0.717) is 30.4 Å². The van der Waals surface area contributed by atoms with Crippen molar-refractivity contribution in [3.63, 3.8) is 0 Å². The van der Waals surface area contributed by atoms with Crippen molar-refractivity contribution in [3.05, 3.63) is 46.4 Å². The van der Waals surface area contributed by atoms with E-state index in [0.717, 1.165) is 16.5 Å². The average molecular weight is 398 g/mol. The van der Waals surface area contributed by atoms with Crippen molar-refractivity contribution in [1.29, 1.82) is 0 Å². The Kier molecular flexibility index (Phi) is 4.50. The molecule has 0 spiro atoms. The van der Waals surface area contributed by atoms with Crippen molar-refractivity contribution < 1.29 is 17.9 Å². The van der Waals surface area contributed by atoms with Crippen LogP contribution in [-0.4, -0.2) is 21.6 Å². The van der Waals surface area contributed by atoms with Gasteiger partial charge >= 0.3 is 0 Å². The molecule has 0 radical (unpaired) electrons. The molecule has 122 valence electrons. The molecular formula is C16H16BrNO4S. The minimum Gasteiger partial charge on any atom is -0.490 e. The van der Waals surface area contributed by atoms with Gasteiger partial charge in [0.25, 0.3) is 10.0 Å². The summed E-state index contributed by atoms with van der Waals surface area (Å²) in [4.78, 5) is 0.143. The van der Waals surface area contributed by atoms with Gasteiger partial charge in [0, 0.05) is 17.0 Å². The maximum atomic E-state index is 12.6. The second-order valence-corrected chi connectivity index (χ2v) is 7.82. The number of fused-ring (bicyclic) bond motifs is 1. The molecule has 0 amide bonds. The Hall–Kier alpha value is -1.73. The fraction of sp³-hybridized carbons (Fsp3) is 0.250. The van der Waals surface area contributed by atoms with Gasteiger partial charge in [-0.1, -0.05) is 15.9 Å². The van der Waals surface area contributed by atoms with Crippen molar-refractivity contribution >= 4 is 31.6 Å². The molecule has 2 aromatic rings. The fourth-order valence-electron chi connectivity index (χ4n) is 2.26. The number of ether oxygens (including phenoxy) is 2. The lowest BCUT2D eigenvalue weighted by atomic mass is 10.2. The number of benzene rings is 2. The zero-order valence-corrected chi connectivity index (χ0v) is 14.9. The molecule has 5 nitrogen and oxygen atoms in total. The van der Waals surface area contributed by atoms with Crippen molar-refractivity contribution in [2.75, 3.05) is 17.9 Å². The molecule has 0 aliphatic carbocycles. The molecule has 0 aromatic heterocycles. The van der Waals surface area contributed by atoms with Gasteiger partial charge in [-0.3, -0.25) is 4.72 Å². The number of sulfonamides is 1. The van der Waals surface area contributed by atoms with E-state index in [1.165, 1.54) is 12.1 Å². The van der Waals surface area contributed by atoms with Crippen LogP contribution in [0.25, 0.3) is 0 Å². The highest BCUT2D eigenvalue weighted by molar-refractivity contribution is 9.10. The summed E-state index contributed by atoms with van der Waals surface area (Å²) >= 11 is 3.36. The van der Waals surface area contributed by atoms with Crippen LogP contribution in [0.2, 0.25) is 0 Å². The number of rotatable bonds is 3. The van der Waals surface area contributed by atoms with Crippen LogP contribution in [0.3, 0.4) is 0 Å². The van der Waals surface area contributed by atoms with Crippen molar-refractivity contribution in [2.45, 2.75) is 18.2 Å². The van der Waals surface area contributed by atoms with E-state index in [4.69, 9.17) is 9.47 Å². The molecule has 0 saturated heterocycles. The van der Waals surface area contributed by atoms with E-state index in [9.17, 15) is 8.42 Å². The molecule has 1 N–H and O–H groups in total. The maximum absolute atomic E-state index is 12.6. The van der Waals surface area contributed by atoms with Gasteiger partial charge in [-0.25, -0.2) is 8.42 Å². The first kappa shape index (κ1) is 16.1. The van der Waals surface area contributed by atoms with E-state index >= 15 is 0 Å². The fourth-order valence-corrected chi connectivity index (χ4v) is 3.88. The molecule has 0 saturated carbocycles. The lowest BCUT2D eigenvalue weighted by Gasteiger charge is -2.13. The first-order valence-electron chi connectivity index (χ1n) is 7.14. The lowest BCUT2D eigenvalue weighted by molar-refractivity contribution is 0.297. The summed E-state index contributed by atoms with van der Waals surface area (Å²) in [7, 11) is -3.69. The van der Waals surface area contributed by atoms with Crippen molar-refractivity contribution in [3.8, 4) is 11.5 Å². The molecule has 0 fully saturated rings. The highest BCUT2D eigenvalue weighted by atomic mass is 79.9. The van der Waals surface area contributed by atoms with Crippen LogP contribution in [-0.2, 0) is 10.0 Å². The molecular weight excluding hydrogens is 382 g/mol. The third-order valence-corrected chi connectivity index (χ3v) is 5.32. The molecule has 1 aliphatic heterocycles. The molecule has 7 heteroatoms. The Morgan fingerprint density at radius 1 is 1.04 bits per heavy atom. The minimum atomic E-state index is -3.69. The predicted octanol–water partition coefficient (Wildman–Crippen LogP) is 3.72. The molecule has 3 rings (SSSR count). The Morgan fingerprint density at radius 3 is 2.52 bits per heavy atom. The minimum absolute atomic E-state index is 0.143. The third kappa shape index (κ3) is 3.61. The monoisotopic (exact) mass is 397 g/mol. The summed E-state index contributed by atoms with van der Waals surface area (Å²) in [6.45, 7) is 2.92. The van der Waals surface area contributed by atoms with Crippen LogP contribution < -0.4 is 14.2 Å². The van der Waals surface area contributed by atoms with E-state index in [1.807, 2.05) is 13.0 Å². The predicted molar refractivity (Wildman–Crippen MR) is 91.7 cm³/mol. The third-order valence-electron chi connectivity index (χ3n) is 3.46. The summed E-state index contributed by atoms with van der Waals surface area (Å²) in [6, 6.07) is 10.0. The highest BCUT2D eigenvalue weighted by Gasteiger charge is 2.19. The van der Waals surface area contributed by atoms with Gasteiger partial charge in [-0.05, 0) is 42.8 Å². The molecule has 23 heavy (non-hydrogen) atoms. The van der Waals surface area contributed by atoms with Gasteiger partial charge in [-0.15, -0.1) is 0 Å². The molecule has 1 aliphatic rings. The summed E-state index contributed by atoms with van der Waals surface area (Å²) in [5, 5.41) is 0. The van der Waals surface area contributed by atoms with Gasteiger partial charge in [0.2, 0.25) is 0 Å². The Morgan fingerprint density at radius 2 is 1.78 bits per heavy atom. The standard InChI is InChI=1S/C16H16BrNO4S/c1-11-9-12(17)3-5-14(11)18-23(19,20)13-4-6-15-16(10-13)22-8-2-7-21-15/h3-6,9-10,18H,2,7-8H2,1H3.